The molecule has 7 heteroatoms. The fraction of sp³-hybridized carbons (Fsp3) is 0.667. The Morgan fingerprint density at radius 3 is 2.68 bits per heavy atom. The summed E-state index contributed by atoms with van der Waals surface area (Å²) >= 11 is 1.61. The van der Waals surface area contributed by atoms with Crippen molar-refractivity contribution in [2.75, 3.05) is 32.8 Å². The number of nitrogens with zero attached hydrogens (tertiary/aromatic N) is 1. The Kier molecular flexibility index (Phi) is 4.56. The van der Waals surface area contributed by atoms with Crippen LogP contribution in [-0.4, -0.2) is 49.5 Å². The molecule has 0 radical (unpaired) electrons. The summed E-state index contributed by atoms with van der Waals surface area (Å²) in [5.74, 6) is -0.248. The van der Waals surface area contributed by atoms with Gasteiger partial charge in [-0.25, -0.2) is 0 Å². The van der Waals surface area contributed by atoms with Gasteiger partial charge in [0, 0.05) is 23.9 Å². The SMILES string of the molecule is NC(=O)C1CCN(C(=O)c2cc3c(s2)C2(CCNCC2)OCC3)CC1. The summed E-state index contributed by atoms with van der Waals surface area (Å²) in [6, 6.07) is 2.08. The van der Waals surface area contributed by atoms with Crippen molar-refractivity contribution in [2.45, 2.75) is 37.7 Å². The molecule has 2 saturated heterocycles. The molecule has 3 N–H and O–H groups in total. The number of amides is 2. The number of carbonyl (C=O) groups excluding carboxylic acids is 2. The lowest BCUT2D eigenvalue weighted by atomic mass is 9.86. The van der Waals surface area contributed by atoms with Crippen molar-refractivity contribution in [1.82, 2.24) is 10.2 Å². The van der Waals surface area contributed by atoms with Gasteiger partial charge >= 0.3 is 0 Å². The van der Waals surface area contributed by atoms with E-state index in [0.29, 0.717) is 25.9 Å². The average molecular weight is 363 g/mol. The molecule has 2 fully saturated rings. The van der Waals surface area contributed by atoms with E-state index in [1.807, 2.05) is 4.90 Å². The third kappa shape index (κ3) is 3.09. The van der Waals surface area contributed by atoms with E-state index in [9.17, 15) is 9.59 Å². The molecule has 4 rings (SSSR count). The molecule has 6 nitrogen and oxygen atoms in total. The molecule has 3 aliphatic heterocycles. The number of carbonyl (C=O) groups is 2. The molecule has 0 aliphatic carbocycles. The van der Waals surface area contributed by atoms with Crippen LogP contribution in [0.25, 0.3) is 0 Å². The molecule has 136 valence electrons. The first-order valence-corrected chi connectivity index (χ1v) is 9.97. The number of rotatable bonds is 2. The van der Waals surface area contributed by atoms with E-state index in [0.717, 1.165) is 43.8 Å². The quantitative estimate of drug-likeness (QED) is 0.828. The van der Waals surface area contributed by atoms with Gasteiger partial charge in [-0.2, -0.15) is 0 Å². The lowest BCUT2D eigenvalue weighted by Gasteiger charge is -2.40. The molecule has 1 aromatic heterocycles. The Hall–Kier alpha value is -1.44. The number of ether oxygens (including phenoxy) is 1. The first kappa shape index (κ1) is 17.0. The molecule has 2 amide bonds. The molecule has 1 aromatic rings. The van der Waals surface area contributed by atoms with Gasteiger partial charge in [-0.05, 0) is 56.8 Å². The molecule has 25 heavy (non-hydrogen) atoms. The zero-order valence-electron chi connectivity index (χ0n) is 14.4. The van der Waals surface area contributed by atoms with Crippen molar-refractivity contribution in [3.63, 3.8) is 0 Å². The van der Waals surface area contributed by atoms with Gasteiger partial charge in [-0.15, -0.1) is 11.3 Å². The standard InChI is InChI=1S/C18H25N3O3S/c19-16(22)12-1-8-21(9-2-12)17(23)14-11-13-3-10-24-18(15(13)25-14)4-6-20-7-5-18/h11-12,20H,1-10H2,(H2,19,22). The molecule has 0 saturated carbocycles. The minimum atomic E-state index is -0.247. The third-order valence-electron chi connectivity index (χ3n) is 5.78. The van der Waals surface area contributed by atoms with Gasteiger partial charge in [0.25, 0.3) is 5.91 Å². The van der Waals surface area contributed by atoms with Crippen LogP contribution in [0.4, 0.5) is 0 Å². The summed E-state index contributed by atoms with van der Waals surface area (Å²) in [6.45, 7) is 3.88. The van der Waals surface area contributed by atoms with Crippen LogP contribution in [0.1, 0.15) is 45.8 Å². The van der Waals surface area contributed by atoms with Gasteiger partial charge in [0.1, 0.15) is 5.60 Å². The molecule has 1 spiro atoms. The van der Waals surface area contributed by atoms with E-state index in [1.165, 1.54) is 10.4 Å². The number of fused-ring (bicyclic) bond motifs is 2. The zero-order chi connectivity index (χ0) is 17.4. The second-order valence-corrected chi connectivity index (χ2v) is 8.33. The molecular weight excluding hydrogens is 338 g/mol. The molecule has 0 aromatic carbocycles. The second-order valence-electron chi connectivity index (χ2n) is 7.28. The highest BCUT2D eigenvalue weighted by Gasteiger charge is 2.41. The maximum absolute atomic E-state index is 12.9. The number of likely N-dealkylation sites (tertiary alicyclic amines) is 1. The lowest BCUT2D eigenvalue weighted by Crippen LogP contribution is -2.44. The minimum Gasteiger partial charge on any atom is -0.369 e. The highest BCUT2D eigenvalue weighted by atomic mass is 32.1. The number of piperidine rings is 2. The maximum Gasteiger partial charge on any atom is 0.263 e. The summed E-state index contributed by atoms with van der Waals surface area (Å²) in [7, 11) is 0. The highest BCUT2D eigenvalue weighted by molar-refractivity contribution is 7.14. The van der Waals surface area contributed by atoms with Crippen molar-refractivity contribution in [3.05, 3.63) is 21.4 Å². The number of nitrogens with two attached hydrogens (primary N) is 1. The Labute approximate surface area is 151 Å². The first-order chi connectivity index (χ1) is 12.1. The Morgan fingerprint density at radius 2 is 2.00 bits per heavy atom. The fourth-order valence-electron chi connectivity index (χ4n) is 4.25. The van der Waals surface area contributed by atoms with Crippen LogP contribution in [0.3, 0.4) is 0 Å². The first-order valence-electron chi connectivity index (χ1n) is 9.15. The summed E-state index contributed by atoms with van der Waals surface area (Å²) in [6.07, 6.45) is 4.17. The van der Waals surface area contributed by atoms with Gasteiger partial charge in [0.05, 0.1) is 11.5 Å². The summed E-state index contributed by atoms with van der Waals surface area (Å²) in [4.78, 5) is 28.2. The van der Waals surface area contributed by atoms with Gasteiger partial charge in [0.2, 0.25) is 5.91 Å². The van der Waals surface area contributed by atoms with Crippen LogP contribution in [0.15, 0.2) is 6.07 Å². The molecule has 0 atom stereocenters. The Bertz CT molecular complexity index is 673. The maximum atomic E-state index is 12.9. The van der Waals surface area contributed by atoms with Gasteiger partial charge in [0.15, 0.2) is 0 Å². The number of thiophene rings is 1. The average Bonchev–Trinajstić information content (AvgIpc) is 3.08. The van der Waals surface area contributed by atoms with Crippen LogP contribution in [0.2, 0.25) is 0 Å². The number of hydrogen-bond acceptors (Lipinski definition) is 5. The van der Waals surface area contributed by atoms with Gasteiger partial charge in [-0.3, -0.25) is 9.59 Å². The van der Waals surface area contributed by atoms with E-state index in [2.05, 4.69) is 11.4 Å². The molecule has 0 unspecified atom stereocenters. The number of nitrogens with one attached hydrogen (secondary N) is 1. The van der Waals surface area contributed by atoms with Crippen molar-refractivity contribution >= 4 is 23.2 Å². The van der Waals surface area contributed by atoms with Crippen molar-refractivity contribution in [1.29, 1.82) is 0 Å². The number of primary amides is 1. The Balaban J connectivity index is 1.52. The normalized spacial score (nSPS) is 23.4. The van der Waals surface area contributed by atoms with E-state index in [4.69, 9.17) is 10.5 Å². The van der Waals surface area contributed by atoms with Crippen molar-refractivity contribution < 1.29 is 14.3 Å². The zero-order valence-corrected chi connectivity index (χ0v) is 15.2. The van der Waals surface area contributed by atoms with Crippen molar-refractivity contribution in [3.8, 4) is 0 Å². The molecule has 3 aliphatic rings. The second kappa shape index (κ2) is 6.70. The topological polar surface area (TPSA) is 84.7 Å². The van der Waals surface area contributed by atoms with Crippen LogP contribution < -0.4 is 11.1 Å². The Morgan fingerprint density at radius 1 is 1.28 bits per heavy atom. The van der Waals surface area contributed by atoms with Crippen LogP contribution in [0, 0.1) is 5.92 Å². The molecule has 0 bridgehead atoms. The molecular formula is C18H25N3O3S. The van der Waals surface area contributed by atoms with Crippen LogP contribution >= 0.6 is 11.3 Å². The van der Waals surface area contributed by atoms with E-state index in [1.54, 1.807) is 11.3 Å². The predicted molar refractivity (Wildman–Crippen MR) is 95.6 cm³/mol. The predicted octanol–water partition coefficient (Wildman–Crippen LogP) is 1.24. The minimum absolute atomic E-state index is 0.0893. The summed E-state index contributed by atoms with van der Waals surface area (Å²) in [5.41, 5.74) is 6.48. The van der Waals surface area contributed by atoms with Gasteiger partial charge < -0.3 is 20.7 Å². The monoisotopic (exact) mass is 363 g/mol. The van der Waals surface area contributed by atoms with E-state index < -0.39 is 0 Å². The molecule has 4 heterocycles. The van der Waals surface area contributed by atoms with Crippen molar-refractivity contribution in [2.24, 2.45) is 11.7 Å². The highest BCUT2D eigenvalue weighted by Crippen LogP contribution is 2.44. The largest absolute Gasteiger partial charge is 0.369 e. The van der Waals surface area contributed by atoms with Crippen LogP contribution in [-0.2, 0) is 21.6 Å². The third-order valence-corrected chi connectivity index (χ3v) is 7.13. The summed E-state index contributed by atoms with van der Waals surface area (Å²) < 4.78 is 6.21. The van der Waals surface area contributed by atoms with E-state index >= 15 is 0 Å². The lowest BCUT2D eigenvalue weighted by molar-refractivity contribution is -0.123. The fourth-order valence-corrected chi connectivity index (χ4v) is 5.63. The summed E-state index contributed by atoms with van der Waals surface area (Å²) in [5, 5.41) is 3.39. The number of hydrogen-bond donors (Lipinski definition) is 2. The smallest absolute Gasteiger partial charge is 0.263 e. The van der Waals surface area contributed by atoms with Gasteiger partial charge in [-0.1, -0.05) is 0 Å². The van der Waals surface area contributed by atoms with E-state index in [-0.39, 0.29) is 23.3 Å². The van der Waals surface area contributed by atoms with Crippen LogP contribution in [0.5, 0.6) is 0 Å².